The zero-order valence-electron chi connectivity index (χ0n) is 20.2. The summed E-state index contributed by atoms with van der Waals surface area (Å²) in [6, 6.07) is 19.1. The summed E-state index contributed by atoms with van der Waals surface area (Å²) in [6.07, 6.45) is 0.583. The molecule has 1 aromatic heterocycles. The number of amides is 2. The van der Waals surface area contributed by atoms with E-state index in [0.29, 0.717) is 35.3 Å². The molecule has 1 unspecified atom stereocenters. The van der Waals surface area contributed by atoms with E-state index < -0.39 is 12.3 Å². The first-order chi connectivity index (χ1) is 18.4. The van der Waals surface area contributed by atoms with Crippen LogP contribution in [0.5, 0.6) is 0 Å². The third kappa shape index (κ3) is 4.57. The van der Waals surface area contributed by atoms with E-state index in [1.807, 2.05) is 42.5 Å². The number of rotatable bonds is 6. The molecule has 2 atom stereocenters. The van der Waals surface area contributed by atoms with Gasteiger partial charge in [-0.2, -0.15) is 4.80 Å². The summed E-state index contributed by atoms with van der Waals surface area (Å²) in [7, 11) is 0. The molecule has 8 nitrogen and oxygen atoms in total. The maximum Gasteiger partial charge on any atom is 0.270 e. The standard InChI is InChI=1S/C28H21BrFN5O3/c1-16-27(37)34(13-12-17-2-3-19-15-24(36)31-23(19)14-17)28(38-16)26-25(18-4-8-21(30)9-5-18)32-35(33-26)22-10-6-20(29)7-11-22/h2-11,14-16,28H,12-13H2,1H3/t16?,28-/m1/s1. The molecule has 3 aromatic carbocycles. The molecule has 0 bridgehead atoms. The van der Waals surface area contributed by atoms with Crippen molar-refractivity contribution in [2.75, 3.05) is 6.54 Å². The van der Waals surface area contributed by atoms with E-state index in [9.17, 15) is 14.0 Å². The van der Waals surface area contributed by atoms with Gasteiger partial charge in [0.25, 0.3) is 11.8 Å². The highest BCUT2D eigenvalue weighted by atomic mass is 79.9. The van der Waals surface area contributed by atoms with Crippen LogP contribution < -0.4 is 10.6 Å². The minimum absolute atomic E-state index is 0.160. The number of aromatic nitrogens is 3. The van der Waals surface area contributed by atoms with E-state index in [2.05, 4.69) is 20.9 Å². The number of carbonyl (C=O) groups is 2. The summed E-state index contributed by atoms with van der Waals surface area (Å²) < 4.78 is 20.7. The Kier molecular flexibility index (Phi) is 6.21. The molecule has 4 aromatic rings. The minimum atomic E-state index is -0.782. The summed E-state index contributed by atoms with van der Waals surface area (Å²) >= 11 is 3.44. The van der Waals surface area contributed by atoms with Gasteiger partial charge in [-0.1, -0.05) is 28.1 Å². The second-order valence-corrected chi connectivity index (χ2v) is 10.0. The van der Waals surface area contributed by atoms with E-state index in [1.54, 1.807) is 24.0 Å². The molecule has 2 aliphatic rings. The second-order valence-electron chi connectivity index (χ2n) is 9.11. The molecule has 2 aliphatic heterocycles. The van der Waals surface area contributed by atoms with Crippen molar-refractivity contribution in [1.82, 2.24) is 19.9 Å². The average molecular weight is 574 g/mol. The van der Waals surface area contributed by atoms with Crippen molar-refractivity contribution >= 4 is 33.8 Å². The summed E-state index contributed by atoms with van der Waals surface area (Å²) in [6.45, 7) is 2.07. The molecule has 38 heavy (non-hydrogen) atoms. The maximum absolute atomic E-state index is 13.7. The molecule has 0 aliphatic carbocycles. The van der Waals surface area contributed by atoms with Crippen LogP contribution in [0, 0.1) is 5.82 Å². The van der Waals surface area contributed by atoms with Gasteiger partial charge in [0.2, 0.25) is 0 Å². The molecule has 0 radical (unpaired) electrons. The van der Waals surface area contributed by atoms with Crippen LogP contribution in [0.15, 0.2) is 76.2 Å². The Morgan fingerprint density at radius 3 is 2.53 bits per heavy atom. The van der Waals surface area contributed by atoms with Gasteiger partial charge in [-0.15, -0.1) is 10.2 Å². The Balaban J connectivity index is 1.36. The molecule has 1 fully saturated rings. The lowest BCUT2D eigenvalue weighted by Gasteiger charge is -2.22. The predicted octanol–water partition coefficient (Wildman–Crippen LogP) is 3.26. The van der Waals surface area contributed by atoms with Gasteiger partial charge in [-0.05, 0) is 73.5 Å². The predicted molar refractivity (Wildman–Crippen MR) is 140 cm³/mol. The van der Waals surface area contributed by atoms with E-state index in [1.165, 1.54) is 23.0 Å². The SMILES string of the molecule is CC1O[C@H](c2nn(-c3ccc(Br)cc3)nc2-c2ccc(F)cc2)N(CCc2ccc3c(c2)=NC(=O)C=3)C1=O. The fourth-order valence-electron chi connectivity index (χ4n) is 4.60. The molecule has 10 heteroatoms. The molecule has 3 heterocycles. The van der Waals surface area contributed by atoms with Crippen LogP contribution in [-0.2, 0) is 20.7 Å². The molecule has 0 spiro atoms. The Bertz CT molecular complexity index is 1690. The summed E-state index contributed by atoms with van der Waals surface area (Å²) in [5.41, 5.74) is 3.27. The van der Waals surface area contributed by atoms with Crippen molar-refractivity contribution < 1.29 is 18.7 Å². The van der Waals surface area contributed by atoms with Crippen molar-refractivity contribution in [3.8, 4) is 16.9 Å². The van der Waals surface area contributed by atoms with Crippen LogP contribution in [0.2, 0.25) is 0 Å². The number of benzene rings is 3. The average Bonchev–Trinajstić information content (AvgIpc) is 3.58. The topological polar surface area (TPSA) is 89.7 Å². The van der Waals surface area contributed by atoms with Gasteiger partial charge >= 0.3 is 0 Å². The van der Waals surface area contributed by atoms with Crippen molar-refractivity contribution in [3.05, 3.63) is 98.9 Å². The first kappa shape index (κ1) is 24.3. The molecule has 0 saturated carbocycles. The lowest BCUT2D eigenvalue weighted by Crippen LogP contribution is -2.33. The van der Waals surface area contributed by atoms with Crippen LogP contribution in [0.4, 0.5) is 4.39 Å². The number of ether oxygens (including phenoxy) is 1. The van der Waals surface area contributed by atoms with Crippen LogP contribution in [0.25, 0.3) is 23.0 Å². The monoisotopic (exact) mass is 573 g/mol. The fourth-order valence-corrected chi connectivity index (χ4v) is 4.86. The molecular formula is C28H21BrFN5O3. The van der Waals surface area contributed by atoms with Gasteiger partial charge < -0.3 is 9.64 Å². The number of hydrogen-bond donors (Lipinski definition) is 0. The summed E-state index contributed by atoms with van der Waals surface area (Å²) in [4.78, 5) is 31.9. The Labute approximate surface area is 225 Å². The lowest BCUT2D eigenvalue weighted by molar-refractivity contribution is -0.130. The Morgan fingerprint density at radius 2 is 1.76 bits per heavy atom. The third-order valence-corrected chi connectivity index (χ3v) is 7.07. The van der Waals surface area contributed by atoms with Crippen molar-refractivity contribution in [2.24, 2.45) is 4.99 Å². The highest BCUT2D eigenvalue weighted by molar-refractivity contribution is 9.10. The van der Waals surface area contributed by atoms with Crippen molar-refractivity contribution in [2.45, 2.75) is 25.7 Å². The molecular weight excluding hydrogens is 553 g/mol. The molecule has 190 valence electrons. The number of halogens is 2. The highest BCUT2D eigenvalue weighted by Gasteiger charge is 2.41. The van der Waals surface area contributed by atoms with Crippen LogP contribution in [0.1, 0.15) is 24.4 Å². The zero-order chi connectivity index (χ0) is 26.4. The summed E-state index contributed by atoms with van der Waals surface area (Å²) in [5.74, 6) is -0.789. The van der Waals surface area contributed by atoms with Gasteiger partial charge in [0, 0.05) is 27.9 Å². The third-order valence-electron chi connectivity index (χ3n) is 6.54. The van der Waals surface area contributed by atoms with E-state index in [-0.39, 0.29) is 17.6 Å². The van der Waals surface area contributed by atoms with E-state index in [4.69, 9.17) is 14.9 Å². The smallest absolute Gasteiger partial charge is 0.270 e. The second kappa shape index (κ2) is 9.70. The quantitative estimate of drug-likeness (QED) is 0.353. The zero-order valence-corrected chi connectivity index (χ0v) is 21.8. The molecule has 0 N–H and O–H groups in total. The van der Waals surface area contributed by atoms with Gasteiger partial charge in [-0.3, -0.25) is 9.59 Å². The number of fused-ring (bicyclic) bond motifs is 1. The molecule has 2 amide bonds. The molecule has 6 rings (SSSR count). The number of hydrogen-bond acceptors (Lipinski definition) is 5. The van der Waals surface area contributed by atoms with Gasteiger partial charge in [-0.25, -0.2) is 9.38 Å². The van der Waals surface area contributed by atoms with Gasteiger partial charge in [0.1, 0.15) is 23.3 Å². The normalized spacial score (nSPS) is 18.4. The fraction of sp³-hybridized carbons (Fsp3) is 0.179. The van der Waals surface area contributed by atoms with Gasteiger partial charge in [0.05, 0.1) is 11.0 Å². The van der Waals surface area contributed by atoms with Crippen molar-refractivity contribution in [3.63, 3.8) is 0 Å². The largest absolute Gasteiger partial charge is 0.339 e. The number of carbonyl (C=O) groups excluding carboxylic acids is 2. The first-order valence-corrected chi connectivity index (χ1v) is 12.8. The van der Waals surface area contributed by atoms with Crippen LogP contribution in [-0.4, -0.2) is 44.4 Å². The van der Waals surface area contributed by atoms with Crippen molar-refractivity contribution in [1.29, 1.82) is 0 Å². The minimum Gasteiger partial charge on any atom is -0.339 e. The van der Waals surface area contributed by atoms with Crippen LogP contribution >= 0.6 is 15.9 Å². The summed E-state index contributed by atoms with van der Waals surface area (Å²) in [5, 5.41) is 10.9. The Hall–Kier alpha value is -4.02. The molecule has 1 saturated heterocycles. The first-order valence-electron chi connectivity index (χ1n) is 12.0. The van der Waals surface area contributed by atoms with E-state index >= 15 is 0 Å². The highest BCUT2D eigenvalue weighted by Crippen LogP contribution is 2.36. The van der Waals surface area contributed by atoms with Gasteiger partial charge in [0.15, 0.2) is 6.23 Å². The number of nitrogens with zero attached hydrogens (tertiary/aromatic N) is 5. The maximum atomic E-state index is 13.7. The Morgan fingerprint density at radius 1 is 1.00 bits per heavy atom. The van der Waals surface area contributed by atoms with E-state index in [0.717, 1.165) is 20.9 Å². The van der Waals surface area contributed by atoms with Crippen LogP contribution in [0.3, 0.4) is 0 Å². The lowest BCUT2D eigenvalue weighted by atomic mass is 10.1.